The summed E-state index contributed by atoms with van der Waals surface area (Å²) in [6.07, 6.45) is 0. The van der Waals surface area contributed by atoms with E-state index >= 15 is 0 Å². The van der Waals surface area contributed by atoms with Crippen LogP contribution in [0.15, 0.2) is 168 Å². The van der Waals surface area contributed by atoms with Crippen LogP contribution in [0.1, 0.15) is 25.0 Å². The predicted octanol–water partition coefficient (Wildman–Crippen LogP) is 13.3. The van der Waals surface area contributed by atoms with E-state index in [4.69, 9.17) is 4.42 Å². The molecule has 0 amide bonds. The van der Waals surface area contributed by atoms with Gasteiger partial charge in [-0.3, -0.25) is 0 Å². The quantitative estimate of drug-likeness (QED) is 0.193. The smallest absolute Gasteiger partial charge is 0.143 e. The molecule has 2 heteroatoms. The van der Waals surface area contributed by atoms with E-state index in [1.54, 1.807) is 0 Å². The van der Waals surface area contributed by atoms with Crippen molar-refractivity contribution in [3.8, 4) is 22.3 Å². The van der Waals surface area contributed by atoms with Crippen molar-refractivity contribution < 1.29 is 4.42 Å². The van der Waals surface area contributed by atoms with Gasteiger partial charge in [-0.05, 0) is 98.1 Å². The number of benzene rings is 8. The molecule has 49 heavy (non-hydrogen) atoms. The lowest BCUT2D eigenvalue weighted by atomic mass is 9.82. The monoisotopic (exact) mass is 627 g/mol. The molecule has 1 heterocycles. The first-order chi connectivity index (χ1) is 24.0. The molecule has 1 aliphatic carbocycles. The largest absolute Gasteiger partial charge is 0.455 e. The second-order valence-electron chi connectivity index (χ2n) is 13.8. The highest BCUT2D eigenvalue weighted by molar-refractivity contribution is 6.15. The fraction of sp³-hybridized carbons (Fsp3) is 0.0638. The number of hydrogen-bond donors (Lipinski definition) is 0. The average Bonchev–Trinajstić information content (AvgIpc) is 3.64. The summed E-state index contributed by atoms with van der Waals surface area (Å²) >= 11 is 0. The highest BCUT2D eigenvalue weighted by Crippen LogP contribution is 2.51. The van der Waals surface area contributed by atoms with E-state index in [9.17, 15) is 0 Å². The average molecular weight is 628 g/mol. The van der Waals surface area contributed by atoms with Gasteiger partial charge in [0.1, 0.15) is 11.2 Å². The Balaban J connectivity index is 1.18. The van der Waals surface area contributed by atoms with Gasteiger partial charge in [-0.15, -0.1) is 0 Å². The zero-order chi connectivity index (χ0) is 32.7. The summed E-state index contributed by atoms with van der Waals surface area (Å²) in [6.45, 7) is 4.67. The summed E-state index contributed by atoms with van der Waals surface area (Å²) in [6, 6.07) is 59.5. The minimum absolute atomic E-state index is 0.0504. The number of fused-ring (bicyclic) bond motifs is 9. The maximum Gasteiger partial charge on any atom is 0.143 e. The molecular weight excluding hydrogens is 595 g/mol. The van der Waals surface area contributed by atoms with Crippen molar-refractivity contribution in [2.75, 3.05) is 4.90 Å². The Labute approximate surface area is 285 Å². The van der Waals surface area contributed by atoms with Crippen LogP contribution in [0.25, 0.3) is 65.7 Å². The molecule has 232 valence electrons. The molecule has 0 bridgehead atoms. The van der Waals surface area contributed by atoms with Crippen LogP contribution in [0.2, 0.25) is 0 Å². The van der Waals surface area contributed by atoms with Crippen LogP contribution in [0.5, 0.6) is 0 Å². The Morgan fingerprint density at radius 1 is 0.429 bits per heavy atom. The SMILES string of the molecule is CC1(C)c2ccccc2-c2cc(N(c3ccc(-c4cccc5ccccc45)cc3)c3ccc4ccc5c6ccccc6oc5c4c3)ccc21. The molecule has 0 spiro atoms. The first kappa shape index (κ1) is 27.9. The summed E-state index contributed by atoms with van der Waals surface area (Å²) in [5, 5.41) is 7.06. The number of nitrogens with zero attached hydrogens (tertiary/aromatic N) is 1. The lowest BCUT2D eigenvalue weighted by Crippen LogP contribution is -2.15. The lowest BCUT2D eigenvalue weighted by Gasteiger charge is -2.27. The molecule has 0 fully saturated rings. The summed E-state index contributed by atoms with van der Waals surface area (Å²) in [4.78, 5) is 2.39. The van der Waals surface area contributed by atoms with Gasteiger partial charge in [0.05, 0.1) is 0 Å². The van der Waals surface area contributed by atoms with Gasteiger partial charge in [-0.1, -0.05) is 129 Å². The molecular formula is C47H33NO. The molecule has 0 atom stereocenters. The summed E-state index contributed by atoms with van der Waals surface area (Å²) in [7, 11) is 0. The minimum atomic E-state index is -0.0504. The number of rotatable bonds is 4. The Morgan fingerprint density at radius 3 is 1.96 bits per heavy atom. The van der Waals surface area contributed by atoms with Gasteiger partial charge in [-0.2, -0.15) is 0 Å². The maximum absolute atomic E-state index is 6.52. The second kappa shape index (κ2) is 10.4. The van der Waals surface area contributed by atoms with Crippen LogP contribution in [0.4, 0.5) is 17.1 Å². The number of anilines is 3. The van der Waals surface area contributed by atoms with Gasteiger partial charge in [0.15, 0.2) is 0 Å². The number of furan rings is 1. The molecule has 1 aromatic heterocycles. The minimum Gasteiger partial charge on any atom is -0.455 e. The summed E-state index contributed by atoms with van der Waals surface area (Å²) in [5.41, 5.74) is 12.9. The fourth-order valence-corrected chi connectivity index (χ4v) is 8.19. The second-order valence-corrected chi connectivity index (χ2v) is 13.8. The van der Waals surface area contributed by atoms with E-state index in [1.165, 1.54) is 44.2 Å². The molecule has 0 saturated heterocycles. The van der Waals surface area contributed by atoms with Crippen molar-refractivity contribution in [3.63, 3.8) is 0 Å². The third-order valence-electron chi connectivity index (χ3n) is 10.7. The molecule has 9 aromatic rings. The van der Waals surface area contributed by atoms with E-state index in [2.05, 4.69) is 176 Å². The maximum atomic E-state index is 6.52. The normalized spacial score (nSPS) is 13.3. The molecule has 0 unspecified atom stereocenters. The first-order valence-electron chi connectivity index (χ1n) is 17.0. The van der Waals surface area contributed by atoms with Crippen LogP contribution >= 0.6 is 0 Å². The van der Waals surface area contributed by atoms with Crippen molar-refractivity contribution in [3.05, 3.63) is 175 Å². The van der Waals surface area contributed by atoms with E-state index in [0.29, 0.717) is 0 Å². The molecule has 0 aliphatic heterocycles. The molecule has 1 aliphatic rings. The van der Waals surface area contributed by atoms with Crippen LogP contribution < -0.4 is 4.90 Å². The molecule has 0 saturated carbocycles. The molecule has 8 aromatic carbocycles. The van der Waals surface area contributed by atoms with Gasteiger partial charge >= 0.3 is 0 Å². The van der Waals surface area contributed by atoms with Gasteiger partial charge in [0, 0.05) is 38.6 Å². The van der Waals surface area contributed by atoms with E-state index < -0.39 is 0 Å². The van der Waals surface area contributed by atoms with Crippen LogP contribution in [-0.2, 0) is 5.41 Å². The Kier molecular flexibility index (Phi) is 5.95. The zero-order valence-corrected chi connectivity index (χ0v) is 27.4. The van der Waals surface area contributed by atoms with Gasteiger partial charge in [0.2, 0.25) is 0 Å². The van der Waals surface area contributed by atoms with Crippen LogP contribution in [0, 0.1) is 0 Å². The molecule has 2 nitrogen and oxygen atoms in total. The molecule has 10 rings (SSSR count). The zero-order valence-electron chi connectivity index (χ0n) is 27.4. The van der Waals surface area contributed by atoms with Crippen molar-refractivity contribution >= 4 is 60.5 Å². The highest BCUT2D eigenvalue weighted by Gasteiger charge is 2.35. The van der Waals surface area contributed by atoms with E-state index in [-0.39, 0.29) is 5.41 Å². The van der Waals surface area contributed by atoms with Gasteiger partial charge in [-0.25, -0.2) is 0 Å². The van der Waals surface area contributed by atoms with Crippen molar-refractivity contribution in [1.82, 2.24) is 0 Å². The molecule has 0 N–H and O–H groups in total. The predicted molar refractivity (Wildman–Crippen MR) is 206 cm³/mol. The van der Waals surface area contributed by atoms with E-state index in [1.807, 2.05) is 6.07 Å². The highest BCUT2D eigenvalue weighted by atomic mass is 16.3. The van der Waals surface area contributed by atoms with Crippen molar-refractivity contribution in [2.24, 2.45) is 0 Å². The Bertz CT molecular complexity index is 2740. The number of para-hydroxylation sites is 1. The third-order valence-corrected chi connectivity index (χ3v) is 10.7. The Morgan fingerprint density at radius 2 is 1.06 bits per heavy atom. The first-order valence-corrected chi connectivity index (χ1v) is 17.0. The topological polar surface area (TPSA) is 16.4 Å². The number of hydrogen-bond acceptors (Lipinski definition) is 2. The van der Waals surface area contributed by atoms with Crippen LogP contribution in [0.3, 0.4) is 0 Å². The van der Waals surface area contributed by atoms with Crippen molar-refractivity contribution in [2.45, 2.75) is 19.3 Å². The third kappa shape index (κ3) is 4.20. The fourth-order valence-electron chi connectivity index (χ4n) is 8.19. The van der Waals surface area contributed by atoms with Crippen molar-refractivity contribution in [1.29, 1.82) is 0 Å². The lowest BCUT2D eigenvalue weighted by molar-refractivity contribution is 0.660. The van der Waals surface area contributed by atoms with Gasteiger partial charge in [0.25, 0.3) is 0 Å². The Hall–Kier alpha value is -6.12. The van der Waals surface area contributed by atoms with Crippen LogP contribution in [-0.4, -0.2) is 0 Å². The van der Waals surface area contributed by atoms with E-state index in [0.717, 1.165) is 49.8 Å². The standard InChI is InChI=1S/C47H33NO/c1-47(2)43-16-7-5-13-38(43)42-29-35(25-27-44(42)47)48(33-22-18-31(19-23-33)37-15-9-11-30-10-3-4-12-36(30)37)34-24-20-32-21-26-40-39-14-6-8-17-45(39)49-46(40)41(32)28-34/h3-29H,1-2H3. The summed E-state index contributed by atoms with van der Waals surface area (Å²) < 4.78 is 6.52. The molecule has 0 radical (unpaired) electrons. The summed E-state index contributed by atoms with van der Waals surface area (Å²) in [5.74, 6) is 0. The van der Waals surface area contributed by atoms with Gasteiger partial charge < -0.3 is 9.32 Å².